The molecule has 1 rings (SSSR count). The van der Waals surface area contributed by atoms with E-state index in [0.717, 1.165) is 0 Å². The van der Waals surface area contributed by atoms with Gasteiger partial charge in [-0.25, -0.2) is 4.79 Å². The number of allylic oxidation sites excluding steroid dienone is 1. The zero-order valence-electron chi connectivity index (χ0n) is 9.14. The Morgan fingerprint density at radius 3 is 2.53 bits per heavy atom. The monoisotopic (exact) mass is 214 g/mol. The van der Waals surface area contributed by atoms with Crippen LogP contribution in [0.3, 0.4) is 0 Å². The van der Waals surface area contributed by atoms with Crippen molar-refractivity contribution in [2.75, 3.05) is 0 Å². The van der Waals surface area contributed by atoms with E-state index in [0.29, 0.717) is 24.8 Å². The Hall–Kier alpha value is -0.870. The van der Waals surface area contributed by atoms with Crippen LogP contribution in [0.5, 0.6) is 0 Å². The molecular weight excluding hydrogens is 196 g/mol. The van der Waals surface area contributed by atoms with Crippen LogP contribution in [0.4, 0.5) is 0 Å². The molecule has 3 atom stereocenters. The molecule has 2 N–H and O–H groups in total. The summed E-state index contributed by atoms with van der Waals surface area (Å²) in [6.07, 6.45) is 1.38. The van der Waals surface area contributed by atoms with E-state index in [1.807, 2.05) is 0 Å². The Morgan fingerprint density at radius 2 is 2.00 bits per heavy atom. The van der Waals surface area contributed by atoms with E-state index in [4.69, 9.17) is 4.74 Å². The highest BCUT2D eigenvalue weighted by Crippen LogP contribution is 2.22. The lowest BCUT2D eigenvalue weighted by Gasteiger charge is -2.29. The van der Waals surface area contributed by atoms with Crippen molar-refractivity contribution in [1.82, 2.24) is 0 Å². The molecular formula is C11H18O4. The summed E-state index contributed by atoms with van der Waals surface area (Å²) in [5, 5.41) is 18.7. The number of carbonyl (C=O) groups is 1. The molecule has 0 aromatic rings. The predicted octanol–water partition coefficient (Wildman–Crippen LogP) is 0.770. The van der Waals surface area contributed by atoms with E-state index in [-0.39, 0.29) is 12.1 Å². The number of aliphatic hydroxyl groups is 2. The largest absolute Gasteiger partial charge is 0.459 e. The van der Waals surface area contributed by atoms with E-state index in [1.54, 1.807) is 19.9 Å². The van der Waals surface area contributed by atoms with Crippen molar-refractivity contribution < 1.29 is 19.7 Å². The Bertz CT molecular complexity index is 259. The third-order valence-electron chi connectivity index (χ3n) is 2.76. The highest BCUT2D eigenvalue weighted by Gasteiger charge is 2.29. The first-order valence-electron chi connectivity index (χ1n) is 5.24. The van der Waals surface area contributed by atoms with Gasteiger partial charge in [-0.3, -0.25) is 0 Å². The van der Waals surface area contributed by atoms with Crippen molar-refractivity contribution >= 4 is 5.97 Å². The average molecular weight is 214 g/mol. The van der Waals surface area contributed by atoms with Gasteiger partial charge in [0.15, 0.2) is 0 Å². The van der Waals surface area contributed by atoms with Crippen LogP contribution in [0.2, 0.25) is 0 Å². The van der Waals surface area contributed by atoms with Gasteiger partial charge < -0.3 is 14.9 Å². The number of rotatable bonds is 2. The summed E-state index contributed by atoms with van der Waals surface area (Å²) in [5.41, 5.74) is 0.565. The van der Waals surface area contributed by atoms with E-state index in [1.165, 1.54) is 0 Å². The lowest BCUT2D eigenvalue weighted by atomic mass is 9.92. The summed E-state index contributed by atoms with van der Waals surface area (Å²) in [7, 11) is 0. The molecule has 1 fully saturated rings. The van der Waals surface area contributed by atoms with Gasteiger partial charge in [0.05, 0.1) is 12.2 Å². The molecule has 0 heterocycles. The van der Waals surface area contributed by atoms with Crippen LogP contribution in [-0.2, 0) is 9.53 Å². The second kappa shape index (κ2) is 5.28. The minimum absolute atomic E-state index is 0.272. The lowest BCUT2D eigenvalue weighted by Crippen LogP contribution is -2.37. The van der Waals surface area contributed by atoms with E-state index in [2.05, 4.69) is 0 Å². The third-order valence-corrected chi connectivity index (χ3v) is 2.76. The first-order chi connectivity index (χ1) is 7.04. The molecule has 0 bridgehead atoms. The lowest BCUT2D eigenvalue weighted by molar-refractivity contribution is -0.150. The van der Waals surface area contributed by atoms with Crippen LogP contribution in [0, 0.1) is 0 Å². The molecule has 1 saturated carbocycles. The summed E-state index contributed by atoms with van der Waals surface area (Å²) < 4.78 is 5.18. The zero-order chi connectivity index (χ0) is 11.4. The Morgan fingerprint density at radius 1 is 1.33 bits per heavy atom. The summed E-state index contributed by atoms with van der Waals surface area (Å²) in [6, 6.07) is 0. The van der Waals surface area contributed by atoms with Crippen LogP contribution in [0.1, 0.15) is 33.1 Å². The number of aliphatic hydroxyl groups excluding tert-OH is 2. The summed E-state index contributed by atoms with van der Waals surface area (Å²) >= 11 is 0. The molecule has 4 nitrogen and oxygen atoms in total. The topological polar surface area (TPSA) is 66.8 Å². The van der Waals surface area contributed by atoms with Crippen LogP contribution >= 0.6 is 0 Å². The standard InChI is InChI=1S/C11H18O4/c1-3-7(2)11(14)15-8-4-5-9(12)10(13)6-8/h3,8-10,12-13H,4-6H2,1-2H3. The van der Waals surface area contributed by atoms with Crippen LogP contribution < -0.4 is 0 Å². The van der Waals surface area contributed by atoms with Crippen molar-refractivity contribution in [2.24, 2.45) is 0 Å². The fourth-order valence-corrected chi connectivity index (χ4v) is 1.56. The third kappa shape index (κ3) is 3.32. The van der Waals surface area contributed by atoms with Gasteiger partial charge in [-0.1, -0.05) is 6.08 Å². The van der Waals surface area contributed by atoms with Gasteiger partial charge in [0, 0.05) is 12.0 Å². The van der Waals surface area contributed by atoms with Crippen molar-refractivity contribution in [3.63, 3.8) is 0 Å². The number of esters is 1. The number of carbonyl (C=O) groups excluding carboxylic acids is 1. The van der Waals surface area contributed by atoms with Gasteiger partial charge in [-0.2, -0.15) is 0 Å². The molecule has 15 heavy (non-hydrogen) atoms. The number of hydrogen-bond donors (Lipinski definition) is 2. The zero-order valence-corrected chi connectivity index (χ0v) is 9.14. The van der Waals surface area contributed by atoms with Gasteiger partial charge >= 0.3 is 5.97 Å². The molecule has 86 valence electrons. The van der Waals surface area contributed by atoms with Crippen LogP contribution in [0.15, 0.2) is 11.6 Å². The SMILES string of the molecule is CC=C(C)C(=O)OC1CCC(O)C(O)C1. The van der Waals surface area contributed by atoms with Gasteiger partial charge in [0.1, 0.15) is 6.10 Å². The van der Waals surface area contributed by atoms with Crippen LogP contribution in [-0.4, -0.2) is 34.5 Å². The van der Waals surface area contributed by atoms with Crippen molar-refractivity contribution in [3.8, 4) is 0 Å². The highest BCUT2D eigenvalue weighted by atomic mass is 16.5. The van der Waals surface area contributed by atoms with Crippen molar-refractivity contribution in [3.05, 3.63) is 11.6 Å². The molecule has 0 aliphatic heterocycles. The summed E-state index contributed by atoms with van der Waals surface area (Å²) in [5.74, 6) is -0.342. The Labute approximate surface area is 89.6 Å². The maximum atomic E-state index is 11.4. The fourth-order valence-electron chi connectivity index (χ4n) is 1.56. The van der Waals surface area contributed by atoms with Gasteiger partial charge in [0.25, 0.3) is 0 Å². The number of hydrogen-bond acceptors (Lipinski definition) is 4. The maximum absolute atomic E-state index is 11.4. The predicted molar refractivity (Wildman–Crippen MR) is 55.2 cm³/mol. The van der Waals surface area contributed by atoms with E-state index >= 15 is 0 Å². The molecule has 0 aromatic heterocycles. The van der Waals surface area contributed by atoms with Gasteiger partial charge in [-0.05, 0) is 26.7 Å². The summed E-state index contributed by atoms with van der Waals surface area (Å²) in [6.45, 7) is 3.46. The van der Waals surface area contributed by atoms with E-state index in [9.17, 15) is 15.0 Å². The molecule has 0 radical (unpaired) electrons. The first kappa shape index (κ1) is 12.2. The van der Waals surface area contributed by atoms with Crippen molar-refractivity contribution in [1.29, 1.82) is 0 Å². The quantitative estimate of drug-likeness (QED) is 0.526. The van der Waals surface area contributed by atoms with E-state index < -0.39 is 12.2 Å². The minimum Gasteiger partial charge on any atom is -0.459 e. The second-order valence-corrected chi connectivity index (χ2v) is 3.95. The molecule has 1 aliphatic rings. The average Bonchev–Trinajstić information content (AvgIpc) is 2.22. The first-order valence-corrected chi connectivity index (χ1v) is 5.24. The molecule has 0 amide bonds. The molecule has 0 aromatic carbocycles. The van der Waals surface area contributed by atoms with Gasteiger partial charge in [-0.15, -0.1) is 0 Å². The fraction of sp³-hybridized carbons (Fsp3) is 0.727. The molecule has 4 heteroatoms. The minimum atomic E-state index is -0.775. The molecule has 3 unspecified atom stereocenters. The Balaban J connectivity index is 2.44. The normalized spacial score (nSPS) is 32.5. The van der Waals surface area contributed by atoms with Crippen molar-refractivity contribution in [2.45, 2.75) is 51.4 Å². The van der Waals surface area contributed by atoms with Crippen LogP contribution in [0.25, 0.3) is 0 Å². The Kier molecular flexibility index (Phi) is 4.29. The smallest absolute Gasteiger partial charge is 0.333 e. The second-order valence-electron chi connectivity index (χ2n) is 3.95. The summed E-state index contributed by atoms with van der Waals surface area (Å²) in [4.78, 5) is 11.4. The number of ether oxygens (including phenoxy) is 1. The molecule has 0 saturated heterocycles. The maximum Gasteiger partial charge on any atom is 0.333 e. The highest BCUT2D eigenvalue weighted by molar-refractivity contribution is 5.87. The molecule has 1 aliphatic carbocycles. The van der Waals surface area contributed by atoms with Gasteiger partial charge in [0.2, 0.25) is 0 Å². The molecule has 0 spiro atoms.